The van der Waals surface area contributed by atoms with Crippen molar-refractivity contribution in [1.29, 1.82) is 0 Å². The molecule has 0 unspecified atom stereocenters. The molecule has 10 nitrogen and oxygen atoms in total. The smallest absolute Gasteiger partial charge is 0.274 e. The molecule has 3 N–H and O–H groups in total. The second-order valence-electron chi connectivity index (χ2n) is 7.78. The van der Waals surface area contributed by atoms with Gasteiger partial charge in [0.2, 0.25) is 0 Å². The van der Waals surface area contributed by atoms with Crippen LogP contribution in [-0.2, 0) is 13.6 Å². The van der Waals surface area contributed by atoms with E-state index in [0.717, 1.165) is 22.0 Å². The summed E-state index contributed by atoms with van der Waals surface area (Å²) in [4.78, 5) is 26.6. The van der Waals surface area contributed by atoms with Crippen LogP contribution >= 0.6 is 0 Å². The van der Waals surface area contributed by atoms with Crippen LogP contribution in [-0.4, -0.2) is 40.8 Å². The van der Waals surface area contributed by atoms with E-state index in [2.05, 4.69) is 35.6 Å². The second kappa shape index (κ2) is 8.66. The molecule has 0 radical (unpaired) electrons. The van der Waals surface area contributed by atoms with E-state index >= 15 is 0 Å². The number of pyridine rings is 1. The number of aromatic nitrogens is 7. The molecule has 0 atom stereocenters. The molecule has 1 aromatic carbocycles. The first kappa shape index (κ1) is 21.1. The Kier molecular flexibility index (Phi) is 5.38. The highest BCUT2D eigenvalue weighted by Gasteiger charge is 2.21. The zero-order valence-electron chi connectivity index (χ0n) is 18.6. The molecular weight excluding hydrogens is 430 g/mol. The summed E-state index contributed by atoms with van der Waals surface area (Å²) in [6, 6.07) is 13.2. The lowest BCUT2D eigenvalue weighted by atomic mass is 10.0. The third-order valence-corrected chi connectivity index (χ3v) is 5.41. The van der Waals surface area contributed by atoms with E-state index in [4.69, 9.17) is 5.73 Å². The first-order valence-electron chi connectivity index (χ1n) is 10.6. The van der Waals surface area contributed by atoms with Crippen molar-refractivity contribution < 1.29 is 4.79 Å². The van der Waals surface area contributed by atoms with Crippen LogP contribution in [0.5, 0.6) is 0 Å². The van der Waals surface area contributed by atoms with Gasteiger partial charge in [0, 0.05) is 36.6 Å². The Morgan fingerprint density at radius 1 is 1.09 bits per heavy atom. The summed E-state index contributed by atoms with van der Waals surface area (Å²) in [6.07, 6.45) is 5.16. The van der Waals surface area contributed by atoms with E-state index in [9.17, 15) is 4.79 Å². The quantitative estimate of drug-likeness (QED) is 0.416. The minimum Gasteiger partial charge on any atom is -0.382 e. The number of aryl methyl sites for hydroxylation is 2. The normalized spacial score (nSPS) is 11.0. The molecule has 168 valence electrons. The Morgan fingerprint density at radius 2 is 1.97 bits per heavy atom. The SMILES string of the molecule is Cc1ccnnc1CNC(=O)c1nc(-c2ccc3ncccc3c2)c(-c2ccn(C)n2)nc1N. The maximum atomic E-state index is 13.0. The Morgan fingerprint density at radius 3 is 2.76 bits per heavy atom. The standard InChI is InChI=1S/C24H21N9O/c1-14-7-10-28-31-19(14)13-27-24(34)22-23(25)30-21(18-8-11-33(2)32-18)20(29-22)16-5-6-17-15(12-16)4-3-9-26-17/h3-12H,13H2,1-2H3,(H2,25,30)(H,27,34). The first-order valence-corrected chi connectivity index (χ1v) is 10.6. The molecule has 0 saturated heterocycles. The number of nitrogens with one attached hydrogen (secondary N) is 1. The Hall–Kier alpha value is -4.73. The van der Waals surface area contributed by atoms with E-state index in [1.54, 1.807) is 17.1 Å². The Balaban J connectivity index is 1.58. The summed E-state index contributed by atoms with van der Waals surface area (Å²) < 4.78 is 1.67. The molecule has 34 heavy (non-hydrogen) atoms. The van der Waals surface area contributed by atoms with E-state index in [1.807, 2.05) is 62.6 Å². The summed E-state index contributed by atoms with van der Waals surface area (Å²) in [6.45, 7) is 2.09. The highest BCUT2D eigenvalue weighted by molar-refractivity contribution is 5.98. The number of hydrogen-bond acceptors (Lipinski definition) is 8. The molecule has 10 heteroatoms. The van der Waals surface area contributed by atoms with Gasteiger partial charge in [-0.1, -0.05) is 12.1 Å². The van der Waals surface area contributed by atoms with Crippen molar-refractivity contribution in [2.45, 2.75) is 13.5 Å². The lowest BCUT2D eigenvalue weighted by Gasteiger charge is -2.12. The van der Waals surface area contributed by atoms with E-state index in [1.165, 1.54) is 0 Å². The van der Waals surface area contributed by atoms with Crippen molar-refractivity contribution in [2.75, 3.05) is 5.73 Å². The minimum absolute atomic E-state index is 0.0141. The number of anilines is 1. The Labute approximate surface area is 194 Å². The molecule has 5 rings (SSSR count). The van der Waals surface area contributed by atoms with Crippen molar-refractivity contribution in [3.8, 4) is 22.6 Å². The van der Waals surface area contributed by atoms with Crippen molar-refractivity contribution in [1.82, 2.24) is 40.2 Å². The fourth-order valence-corrected chi connectivity index (χ4v) is 3.61. The van der Waals surface area contributed by atoms with Gasteiger partial charge in [0.1, 0.15) is 11.4 Å². The number of benzene rings is 1. The summed E-state index contributed by atoms with van der Waals surface area (Å²) >= 11 is 0. The van der Waals surface area contributed by atoms with Gasteiger partial charge in [-0.05, 0) is 42.8 Å². The topological polar surface area (TPSA) is 137 Å². The van der Waals surface area contributed by atoms with Gasteiger partial charge >= 0.3 is 0 Å². The number of fused-ring (bicyclic) bond motifs is 1. The molecule has 0 saturated carbocycles. The van der Waals surface area contributed by atoms with Crippen LogP contribution in [0.1, 0.15) is 21.7 Å². The number of carbonyl (C=O) groups is 1. The predicted molar refractivity (Wildman–Crippen MR) is 127 cm³/mol. The first-order chi connectivity index (χ1) is 16.5. The van der Waals surface area contributed by atoms with Crippen molar-refractivity contribution in [3.05, 3.63) is 78.0 Å². The molecule has 1 amide bonds. The highest BCUT2D eigenvalue weighted by atomic mass is 16.1. The predicted octanol–water partition coefficient (Wildman–Crippen LogP) is 2.70. The van der Waals surface area contributed by atoms with Crippen LogP contribution in [0.25, 0.3) is 33.5 Å². The summed E-state index contributed by atoms with van der Waals surface area (Å²) in [5.41, 5.74) is 11.0. The number of carbonyl (C=O) groups excluding carboxylic acids is 1. The molecule has 0 aliphatic rings. The number of nitrogens with zero attached hydrogens (tertiary/aromatic N) is 7. The lowest BCUT2D eigenvalue weighted by molar-refractivity contribution is 0.0946. The lowest BCUT2D eigenvalue weighted by Crippen LogP contribution is -2.26. The van der Waals surface area contributed by atoms with Crippen molar-refractivity contribution >= 4 is 22.6 Å². The molecule has 0 aliphatic heterocycles. The van der Waals surface area contributed by atoms with Gasteiger partial charge in [-0.25, -0.2) is 9.97 Å². The van der Waals surface area contributed by atoms with Crippen LogP contribution in [0.15, 0.2) is 61.1 Å². The van der Waals surface area contributed by atoms with Crippen LogP contribution in [0, 0.1) is 6.92 Å². The molecule has 5 aromatic rings. The van der Waals surface area contributed by atoms with Gasteiger partial charge in [-0.3, -0.25) is 14.5 Å². The summed E-state index contributed by atoms with van der Waals surface area (Å²) in [5.74, 6) is -0.438. The van der Waals surface area contributed by atoms with E-state index in [-0.39, 0.29) is 18.1 Å². The molecule has 4 heterocycles. The van der Waals surface area contributed by atoms with Gasteiger partial charge in [0.15, 0.2) is 11.5 Å². The zero-order chi connectivity index (χ0) is 23.7. The second-order valence-corrected chi connectivity index (χ2v) is 7.78. The summed E-state index contributed by atoms with van der Waals surface area (Å²) in [7, 11) is 1.82. The van der Waals surface area contributed by atoms with Crippen molar-refractivity contribution in [2.24, 2.45) is 7.05 Å². The van der Waals surface area contributed by atoms with Gasteiger partial charge in [-0.15, -0.1) is 0 Å². The molecule has 0 bridgehead atoms. The highest BCUT2D eigenvalue weighted by Crippen LogP contribution is 2.31. The average Bonchev–Trinajstić information content (AvgIpc) is 3.29. The monoisotopic (exact) mass is 451 g/mol. The average molecular weight is 451 g/mol. The van der Waals surface area contributed by atoms with E-state index in [0.29, 0.717) is 22.8 Å². The van der Waals surface area contributed by atoms with Gasteiger partial charge < -0.3 is 11.1 Å². The number of rotatable bonds is 5. The van der Waals surface area contributed by atoms with Gasteiger partial charge in [0.05, 0.1) is 23.4 Å². The van der Waals surface area contributed by atoms with Crippen LogP contribution in [0.4, 0.5) is 5.82 Å². The third kappa shape index (κ3) is 4.04. The van der Waals surface area contributed by atoms with Gasteiger partial charge in [0.25, 0.3) is 5.91 Å². The number of nitrogens with two attached hydrogens (primary N) is 1. The number of hydrogen-bond donors (Lipinski definition) is 2. The fraction of sp³-hybridized carbons (Fsp3) is 0.125. The third-order valence-electron chi connectivity index (χ3n) is 5.41. The zero-order valence-corrected chi connectivity index (χ0v) is 18.6. The van der Waals surface area contributed by atoms with E-state index < -0.39 is 5.91 Å². The van der Waals surface area contributed by atoms with Gasteiger partial charge in [-0.2, -0.15) is 15.3 Å². The molecular formula is C24H21N9O. The maximum absolute atomic E-state index is 13.0. The Bertz CT molecular complexity index is 1530. The number of nitrogen functional groups attached to an aromatic ring is 1. The number of amides is 1. The molecule has 0 aliphatic carbocycles. The van der Waals surface area contributed by atoms with Crippen LogP contribution in [0.2, 0.25) is 0 Å². The molecule has 4 aromatic heterocycles. The molecule has 0 fully saturated rings. The molecule has 0 spiro atoms. The van der Waals surface area contributed by atoms with Crippen molar-refractivity contribution in [3.63, 3.8) is 0 Å². The summed E-state index contributed by atoms with van der Waals surface area (Å²) in [5, 5.41) is 16.2. The maximum Gasteiger partial charge on any atom is 0.274 e. The fourth-order valence-electron chi connectivity index (χ4n) is 3.61. The van der Waals surface area contributed by atoms with Crippen LogP contribution in [0.3, 0.4) is 0 Å². The largest absolute Gasteiger partial charge is 0.382 e. The minimum atomic E-state index is -0.452. The van der Waals surface area contributed by atoms with Crippen LogP contribution < -0.4 is 11.1 Å².